The Kier molecular flexibility index (Phi) is 3.63. The molecule has 0 unspecified atom stereocenters. The predicted molar refractivity (Wildman–Crippen MR) is 82.7 cm³/mol. The van der Waals surface area contributed by atoms with Crippen molar-refractivity contribution >= 4 is 11.6 Å². The van der Waals surface area contributed by atoms with Gasteiger partial charge in [0.2, 0.25) is 0 Å². The van der Waals surface area contributed by atoms with Gasteiger partial charge in [0.15, 0.2) is 0 Å². The fourth-order valence-electron chi connectivity index (χ4n) is 2.89. The van der Waals surface area contributed by atoms with Gasteiger partial charge in [-0.1, -0.05) is 30.3 Å². The largest absolute Gasteiger partial charge is 0.334 e. The highest BCUT2D eigenvalue weighted by atomic mass is 16.6. The Morgan fingerprint density at radius 3 is 2.59 bits per heavy atom. The number of carbonyl (C=O) groups is 1. The zero-order valence-electron chi connectivity index (χ0n) is 12.3. The molecule has 0 saturated carbocycles. The second-order valence-corrected chi connectivity index (χ2v) is 5.45. The van der Waals surface area contributed by atoms with Crippen LogP contribution in [0, 0.1) is 17.0 Å². The number of hydrogen-bond acceptors (Lipinski definition) is 3. The Morgan fingerprint density at radius 2 is 1.86 bits per heavy atom. The van der Waals surface area contributed by atoms with E-state index in [4.69, 9.17) is 0 Å². The number of benzene rings is 2. The highest BCUT2D eigenvalue weighted by Crippen LogP contribution is 2.25. The van der Waals surface area contributed by atoms with Gasteiger partial charge in [0, 0.05) is 30.3 Å². The summed E-state index contributed by atoms with van der Waals surface area (Å²) in [7, 11) is 0. The molecule has 22 heavy (non-hydrogen) atoms. The van der Waals surface area contributed by atoms with Gasteiger partial charge in [0.25, 0.3) is 11.6 Å². The molecular weight excluding hydrogens is 280 g/mol. The zero-order valence-corrected chi connectivity index (χ0v) is 12.3. The summed E-state index contributed by atoms with van der Waals surface area (Å²) >= 11 is 0. The van der Waals surface area contributed by atoms with E-state index in [0.29, 0.717) is 24.2 Å². The molecule has 1 amide bonds. The molecule has 1 heterocycles. The van der Waals surface area contributed by atoms with Crippen molar-refractivity contribution in [3.05, 3.63) is 74.8 Å². The first-order valence-corrected chi connectivity index (χ1v) is 7.18. The van der Waals surface area contributed by atoms with E-state index in [1.807, 2.05) is 18.2 Å². The lowest BCUT2D eigenvalue weighted by Gasteiger charge is -2.29. The Bertz CT molecular complexity index is 755. The molecule has 0 radical (unpaired) electrons. The summed E-state index contributed by atoms with van der Waals surface area (Å²) in [5.74, 6) is -0.143. The fraction of sp³-hybridized carbons (Fsp3) is 0.235. The van der Waals surface area contributed by atoms with Crippen LogP contribution in [0.4, 0.5) is 5.69 Å². The minimum absolute atomic E-state index is 0.0109. The van der Waals surface area contributed by atoms with Gasteiger partial charge >= 0.3 is 0 Å². The third kappa shape index (κ3) is 2.45. The van der Waals surface area contributed by atoms with E-state index < -0.39 is 4.92 Å². The Hall–Kier alpha value is -2.69. The van der Waals surface area contributed by atoms with E-state index in [1.165, 1.54) is 11.6 Å². The first-order chi connectivity index (χ1) is 10.6. The number of hydrogen-bond donors (Lipinski definition) is 0. The van der Waals surface area contributed by atoms with Crippen LogP contribution in [0.2, 0.25) is 0 Å². The van der Waals surface area contributed by atoms with Crippen LogP contribution in [0.15, 0.2) is 42.5 Å². The van der Waals surface area contributed by atoms with Gasteiger partial charge in [-0.2, -0.15) is 0 Å². The van der Waals surface area contributed by atoms with Crippen molar-refractivity contribution in [2.75, 3.05) is 6.54 Å². The van der Waals surface area contributed by atoms with Crippen molar-refractivity contribution in [3.63, 3.8) is 0 Å². The molecule has 0 fully saturated rings. The van der Waals surface area contributed by atoms with Gasteiger partial charge < -0.3 is 4.90 Å². The summed E-state index contributed by atoms with van der Waals surface area (Å²) in [6.45, 7) is 2.82. The number of rotatable bonds is 2. The van der Waals surface area contributed by atoms with E-state index in [0.717, 1.165) is 12.0 Å². The van der Waals surface area contributed by atoms with Crippen molar-refractivity contribution < 1.29 is 9.72 Å². The SMILES string of the molecule is Cc1c(C(=O)N2CCc3ccccc3C2)cccc1[N+](=O)[O-]. The minimum Gasteiger partial charge on any atom is -0.334 e. The van der Waals surface area contributed by atoms with Crippen LogP contribution >= 0.6 is 0 Å². The molecule has 2 aromatic rings. The molecule has 0 atom stereocenters. The average Bonchev–Trinajstić information content (AvgIpc) is 2.53. The Labute approximate surface area is 128 Å². The lowest BCUT2D eigenvalue weighted by Crippen LogP contribution is -2.36. The summed E-state index contributed by atoms with van der Waals surface area (Å²) in [5.41, 5.74) is 3.24. The van der Waals surface area contributed by atoms with Gasteiger partial charge in [-0.25, -0.2) is 0 Å². The summed E-state index contributed by atoms with van der Waals surface area (Å²) in [5, 5.41) is 11.0. The number of nitro benzene ring substituents is 1. The van der Waals surface area contributed by atoms with Gasteiger partial charge in [-0.15, -0.1) is 0 Å². The fourth-order valence-corrected chi connectivity index (χ4v) is 2.89. The predicted octanol–water partition coefficient (Wildman–Crippen LogP) is 3.10. The van der Waals surface area contributed by atoms with E-state index in [2.05, 4.69) is 6.07 Å². The maximum atomic E-state index is 12.7. The van der Waals surface area contributed by atoms with Crippen LogP contribution < -0.4 is 0 Å². The zero-order chi connectivity index (χ0) is 15.7. The minimum atomic E-state index is -0.447. The standard InChI is InChI=1S/C17H16N2O3/c1-12-15(7-4-8-16(12)19(21)22)17(20)18-10-9-13-5-2-3-6-14(13)11-18/h2-8H,9-11H2,1H3. The van der Waals surface area contributed by atoms with E-state index >= 15 is 0 Å². The third-order valence-corrected chi connectivity index (χ3v) is 4.15. The first kappa shape index (κ1) is 14.3. The van der Waals surface area contributed by atoms with Crippen LogP contribution in [0.3, 0.4) is 0 Å². The third-order valence-electron chi connectivity index (χ3n) is 4.15. The molecule has 112 valence electrons. The van der Waals surface area contributed by atoms with Crippen molar-refractivity contribution in [1.29, 1.82) is 0 Å². The molecule has 5 nitrogen and oxygen atoms in total. The summed E-state index contributed by atoms with van der Waals surface area (Å²) in [6.07, 6.45) is 0.815. The molecule has 5 heteroatoms. The Balaban J connectivity index is 1.90. The number of nitro groups is 1. The topological polar surface area (TPSA) is 63.5 Å². The van der Waals surface area contributed by atoms with Crippen molar-refractivity contribution in [1.82, 2.24) is 4.90 Å². The number of nitrogens with zero attached hydrogens (tertiary/aromatic N) is 2. The number of amides is 1. The first-order valence-electron chi connectivity index (χ1n) is 7.18. The molecule has 0 bridgehead atoms. The Morgan fingerprint density at radius 1 is 1.14 bits per heavy atom. The molecule has 0 aliphatic carbocycles. The lowest BCUT2D eigenvalue weighted by atomic mass is 9.98. The molecule has 1 aliphatic heterocycles. The summed E-state index contributed by atoms with van der Waals surface area (Å²) < 4.78 is 0. The second-order valence-electron chi connectivity index (χ2n) is 5.45. The molecule has 0 aromatic heterocycles. The summed E-state index contributed by atoms with van der Waals surface area (Å²) in [6, 6.07) is 12.7. The van der Waals surface area contributed by atoms with Crippen LogP contribution in [0.5, 0.6) is 0 Å². The molecule has 3 rings (SSSR count). The second kappa shape index (κ2) is 5.60. The van der Waals surface area contributed by atoms with E-state index in [9.17, 15) is 14.9 Å². The maximum Gasteiger partial charge on any atom is 0.273 e. The summed E-state index contributed by atoms with van der Waals surface area (Å²) in [4.78, 5) is 25.0. The van der Waals surface area contributed by atoms with Crippen LogP contribution in [-0.4, -0.2) is 22.3 Å². The molecule has 0 spiro atoms. The monoisotopic (exact) mass is 296 g/mol. The number of carbonyl (C=O) groups excluding carboxylic acids is 1. The lowest BCUT2D eigenvalue weighted by molar-refractivity contribution is -0.385. The highest BCUT2D eigenvalue weighted by Gasteiger charge is 2.25. The molecule has 0 saturated heterocycles. The molecule has 2 aromatic carbocycles. The normalized spacial score (nSPS) is 13.6. The van der Waals surface area contributed by atoms with Crippen LogP contribution in [-0.2, 0) is 13.0 Å². The highest BCUT2D eigenvalue weighted by molar-refractivity contribution is 5.96. The number of fused-ring (bicyclic) bond motifs is 1. The average molecular weight is 296 g/mol. The molecule has 1 aliphatic rings. The van der Waals surface area contributed by atoms with Crippen molar-refractivity contribution in [2.45, 2.75) is 19.9 Å². The van der Waals surface area contributed by atoms with E-state index in [1.54, 1.807) is 24.0 Å². The molecular formula is C17H16N2O3. The van der Waals surface area contributed by atoms with Gasteiger partial charge in [-0.05, 0) is 30.5 Å². The van der Waals surface area contributed by atoms with Gasteiger partial charge in [-0.3, -0.25) is 14.9 Å². The van der Waals surface area contributed by atoms with Crippen molar-refractivity contribution in [2.24, 2.45) is 0 Å². The van der Waals surface area contributed by atoms with Gasteiger partial charge in [0.1, 0.15) is 0 Å². The van der Waals surface area contributed by atoms with Crippen LogP contribution in [0.25, 0.3) is 0 Å². The van der Waals surface area contributed by atoms with Crippen LogP contribution in [0.1, 0.15) is 27.0 Å². The van der Waals surface area contributed by atoms with Gasteiger partial charge in [0.05, 0.1) is 4.92 Å². The quantitative estimate of drug-likeness (QED) is 0.632. The maximum absolute atomic E-state index is 12.7. The van der Waals surface area contributed by atoms with Crippen molar-refractivity contribution in [3.8, 4) is 0 Å². The van der Waals surface area contributed by atoms with E-state index in [-0.39, 0.29) is 11.6 Å². The molecule has 0 N–H and O–H groups in total. The smallest absolute Gasteiger partial charge is 0.273 e.